The van der Waals surface area contributed by atoms with Crippen LogP contribution in [0.5, 0.6) is 0 Å². The highest BCUT2D eigenvalue weighted by atomic mass is 19.2. The summed E-state index contributed by atoms with van der Waals surface area (Å²) in [6, 6.07) is 8.14. The van der Waals surface area contributed by atoms with Crippen LogP contribution in [0.1, 0.15) is 16.2 Å². The molecule has 0 saturated heterocycles. The molecule has 2 N–H and O–H groups in total. The van der Waals surface area contributed by atoms with Gasteiger partial charge in [-0.15, -0.1) is 5.10 Å². The van der Waals surface area contributed by atoms with Crippen molar-refractivity contribution in [3.8, 4) is 0 Å². The number of nitrogens with zero attached hydrogens (tertiary/aromatic N) is 3. The smallest absolute Gasteiger partial charge is 0.278 e. The molecule has 0 saturated carbocycles. The van der Waals surface area contributed by atoms with Gasteiger partial charge in [0.25, 0.3) is 5.91 Å². The SMILES string of the molecule is Cc1c(C(=O)Nc2ccc(F)c(F)c2)nnn1CC(=O)Nc1ccc(F)cc1. The van der Waals surface area contributed by atoms with Gasteiger partial charge in [-0.3, -0.25) is 9.59 Å². The molecule has 0 aliphatic rings. The Balaban J connectivity index is 1.67. The van der Waals surface area contributed by atoms with Crippen LogP contribution in [0, 0.1) is 24.4 Å². The number of hydrogen-bond donors (Lipinski definition) is 2. The molecule has 0 aliphatic heterocycles. The zero-order valence-electron chi connectivity index (χ0n) is 14.5. The lowest BCUT2D eigenvalue weighted by Gasteiger charge is -2.07. The van der Waals surface area contributed by atoms with E-state index in [1.807, 2.05) is 0 Å². The number of amides is 2. The minimum Gasteiger partial charge on any atom is -0.324 e. The molecule has 10 heteroatoms. The van der Waals surface area contributed by atoms with E-state index in [2.05, 4.69) is 20.9 Å². The van der Waals surface area contributed by atoms with Crippen LogP contribution in [0.15, 0.2) is 42.5 Å². The molecule has 1 aromatic heterocycles. The van der Waals surface area contributed by atoms with Gasteiger partial charge in [-0.1, -0.05) is 5.21 Å². The quantitative estimate of drug-likeness (QED) is 0.702. The van der Waals surface area contributed by atoms with Crippen molar-refractivity contribution in [2.24, 2.45) is 0 Å². The van der Waals surface area contributed by atoms with E-state index in [0.29, 0.717) is 11.4 Å². The monoisotopic (exact) mass is 389 g/mol. The number of benzene rings is 2. The van der Waals surface area contributed by atoms with Crippen LogP contribution < -0.4 is 10.6 Å². The number of aromatic nitrogens is 3. The van der Waals surface area contributed by atoms with Gasteiger partial charge in [-0.05, 0) is 43.3 Å². The molecule has 1 heterocycles. The Hall–Kier alpha value is -3.69. The summed E-state index contributed by atoms with van der Waals surface area (Å²) in [4.78, 5) is 24.4. The highest BCUT2D eigenvalue weighted by Crippen LogP contribution is 2.15. The summed E-state index contributed by atoms with van der Waals surface area (Å²) in [7, 11) is 0. The predicted molar refractivity (Wildman–Crippen MR) is 94.1 cm³/mol. The van der Waals surface area contributed by atoms with Crippen LogP contribution >= 0.6 is 0 Å². The average Bonchev–Trinajstić information content (AvgIpc) is 3.01. The van der Waals surface area contributed by atoms with Crippen LogP contribution in [-0.2, 0) is 11.3 Å². The first-order valence-corrected chi connectivity index (χ1v) is 8.05. The van der Waals surface area contributed by atoms with E-state index in [-0.39, 0.29) is 17.9 Å². The van der Waals surface area contributed by atoms with E-state index in [1.54, 1.807) is 0 Å². The van der Waals surface area contributed by atoms with Crippen molar-refractivity contribution in [1.29, 1.82) is 0 Å². The molecule has 0 spiro atoms. The maximum absolute atomic E-state index is 13.2. The maximum Gasteiger partial charge on any atom is 0.278 e. The Bertz CT molecular complexity index is 1030. The van der Waals surface area contributed by atoms with E-state index in [9.17, 15) is 22.8 Å². The molecule has 3 rings (SSSR count). The second-order valence-electron chi connectivity index (χ2n) is 5.82. The Kier molecular flexibility index (Phi) is 5.39. The lowest BCUT2D eigenvalue weighted by Crippen LogP contribution is -2.21. The summed E-state index contributed by atoms with van der Waals surface area (Å²) in [5, 5.41) is 12.4. The van der Waals surface area contributed by atoms with Crippen LogP contribution in [0.2, 0.25) is 0 Å². The maximum atomic E-state index is 13.2. The third-order valence-corrected chi connectivity index (χ3v) is 3.80. The molecule has 3 aromatic rings. The average molecular weight is 389 g/mol. The summed E-state index contributed by atoms with van der Waals surface area (Å²) in [5.41, 5.74) is 0.682. The largest absolute Gasteiger partial charge is 0.324 e. The van der Waals surface area contributed by atoms with E-state index in [4.69, 9.17) is 0 Å². The fourth-order valence-electron chi connectivity index (χ4n) is 2.35. The van der Waals surface area contributed by atoms with Gasteiger partial charge < -0.3 is 10.6 Å². The van der Waals surface area contributed by atoms with Gasteiger partial charge in [-0.25, -0.2) is 17.9 Å². The third kappa shape index (κ3) is 4.34. The molecule has 0 atom stereocenters. The summed E-state index contributed by atoms with van der Waals surface area (Å²) < 4.78 is 40.3. The molecule has 0 unspecified atom stereocenters. The number of rotatable bonds is 5. The topological polar surface area (TPSA) is 88.9 Å². The number of carbonyl (C=O) groups is 2. The zero-order valence-corrected chi connectivity index (χ0v) is 14.5. The van der Waals surface area contributed by atoms with Gasteiger partial charge in [0.15, 0.2) is 17.3 Å². The fraction of sp³-hybridized carbons (Fsp3) is 0.111. The predicted octanol–water partition coefficient (Wildman–Crippen LogP) is 2.89. The van der Waals surface area contributed by atoms with Gasteiger partial charge in [0.1, 0.15) is 12.4 Å². The normalized spacial score (nSPS) is 10.6. The fourth-order valence-corrected chi connectivity index (χ4v) is 2.35. The standard InChI is InChI=1S/C18H14F3N5O2/c1-10-17(18(28)23-13-6-7-14(20)15(21)8-13)24-25-26(10)9-16(27)22-12-4-2-11(19)3-5-12/h2-8H,9H2,1H3,(H,22,27)(H,23,28). The summed E-state index contributed by atoms with van der Waals surface area (Å²) in [6.45, 7) is 1.31. The molecule has 0 radical (unpaired) electrons. The van der Waals surface area contributed by atoms with E-state index >= 15 is 0 Å². The summed E-state index contributed by atoms with van der Waals surface area (Å²) >= 11 is 0. The van der Waals surface area contributed by atoms with Crippen molar-refractivity contribution in [3.05, 3.63) is 71.3 Å². The second kappa shape index (κ2) is 7.91. The van der Waals surface area contributed by atoms with Crippen LogP contribution in [-0.4, -0.2) is 26.8 Å². The van der Waals surface area contributed by atoms with Gasteiger partial charge >= 0.3 is 0 Å². The molecule has 28 heavy (non-hydrogen) atoms. The minimum absolute atomic E-state index is 0.0481. The number of halogens is 3. The van der Waals surface area contributed by atoms with Gasteiger partial charge in [0, 0.05) is 17.4 Å². The lowest BCUT2D eigenvalue weighted by molar-refractivity contribution is -0.117. The molecule has 0 fully saturated rings. The molecule has 7 nitrogen and oxygen atoms in total. The minimum atomic E-state index is -1.10. The van der Waals surface area contributed by atoms with Gasteiger partial charge in [-0.2, -0.15) is 0 Å². The number of nitrogens with one attached hydrogen (secondary N) is 2. The van der Waals surface area contributed by atoms with Crippen molar-refractivity contribution in [2.45, 2.75) is 13.5 Å². The van der Waals surface area contributed by atoms with Crippen LogP contribution in [0.3, 0.4) is 0 Å². The molecule has 0 bridgehead atoms. The Morgan fingerprint density at radius 2 is 1.64 bits per heavy atom. The van der Waals surface area contributed by atoms with Crippen molar-refractivity contribution < 1.29 is 22.8 Å². The van der Waals surface area contributed by atoms with Crippen molar-refractivity contribution >= 4 is 23.2 Å². The first-order chi connectivity index (χ1) is 13.3. The highest BCUT2D eigenvalue weighted by Gasteiger charge is 2.18. The molecule has 144 valence electrons. The molecular weight excluding hydrogens is 375 g/mol. The van der Waals surface area contributed by atoms with Crippen molar-refractivity contribution in [1.82, 2.24) is 15.0 Å². The van der Waals surface area contributed by atoms with Gasteiger partial charge in [0.05, 0.1) is 5.69 Å². The summed E-state index contributed by atoms with van der Waals surface area (Å²) in [6.07, 6.45) is 0. The number of carbonyl (C=O) groups excluding carboxylic acids is 2. The summed E-state index contributed by atoms with van der Waals surface area (Å²) in [5.74, 6) is -3.70. The Morgan fingerprint density at radius 1 is 0.964 bits per heavy atom. The Morgan fingerprint density at radius 3 is 2.32 bits per heavy atom. The molecule has 0 aliphatic carbocycles. The Labute approximate surface area is 157 Å². The molecule has 2 aromatic carbocycles. The third-order valence-electron chi connectivity index (χ3n) is 3.80. The lowest BCUT2D eigenvalue weighted by atomic mass is 10.2. The first kappa shape index (κ1) is 19.1. The number of hydrogen-bond acceptors (Lipinski definition) is 4. The number of anilines is 2. The van der Waals surface area contributed by atoms with E-state index < -0.39 is 29.3 Å². The second-order valence-corrected chi connectivity index (χ2v) is 5.82. The first-order valence-electron chi connectivity index (χ1n) is 8.05. The molecule has 2 amide bonds. The van der Waals surface area contributed by atoms with E-state index in [0.717, 1.165) is 12.1 Å². The van der Waals surface area contributed by atoms with Crippen LogP contribution in [0.4, 0.5) is 24.5 Å². The van der Waals surface area contributed by atoms with Crippen molar-refractivity contribution in [2.75, 3.05) is 10.6 Å². The van der Waals surface area contributed by atoms with E-state index in [1.165, 1.54) is 41.9 Å². The van der Waals surface area contributed by atoms with Gasteiger partial charge in [0.2, 0.25) is 5.91 Å². The molecular formula is C18H14F3N5O2. The van der Waals surface area contributed by atoms with Crippen LogP contribution in [0.25, 0.3) is 0 Å². The highest BCUT2D eigenvalue weighted by molar-refractivity contribution is 6.03. The zero-order chi connectivity index (χ0) is 20.3. The van der Waals surface area contributed by atoms with Crippen molar-refractivity contribution in [3.63, 3.8) is 0 Å².